The molecule has 0 aliphatic heterocycles. The van der Waals surface area contributed by atoms with Gasteiger partial charge < -0.3 is 15.4 Å². The summed E-state index contributed by atoms with van der Waals surface area (Å²) in [6.45, 7) is 2.69. The van der Waals surface area contributed by atoms with Crippen LogP contribution in [-0.4, -0.2) is 12.5 Å². The van der Waals surface area contributed by atoms with Gasteiger partial charge in [0.15, 0.2) is 0 Å². The molecule has 0 saturated carbocycles. The van der Waals surface area contributed by atoms with Crippen LogP contribution >= 0.6 is 0 Å². The average Bonchev–Trinajstić information content (AvgIpc) is 2.69. The predicted molar refractivity (Wildman–Crippen MR) is 106 cm³/mol. The number of para-hydroxylation sites is 1. The molecular weight excluding hydrogens is 324 g/mol. The number of hydrogen-bond donors (Lipinski definition) is 2. The third-order valence-corrected chi connectivity index (χ3v) is 3.77. The number of amides is 1. The van der Waals surface area contributed by atoms with Crippen LogP contribution in [0.25, 0.3) is 0 Å². The van der Waals surface area contributed by atoms with E-state index in [0.717, 1.165) is 23.5 Å². The van der Waals surface area contributed by atoms with E-state index in [1.807, 2.05) is 73.7 Å². The van der Waals surface area contributed by atoms with Crippen LogP contribution in [0.5, 0.6) is 5.75 Å². The van der Waals surface area contributed by atoms with Gasteiger partial charge in [-0.05, 0) is 61.0 Å². The number of carbonyl (C=O) groups excluding carboxylic acids is 1. The van der Waals surface area contributed by atoms with Gasteiger partial charge in [0, 0.05) is 22.6 Å². The molecule has 132 valence electrons. The van der Waals surface area contributed by atoms with Gasteiger partial charge in [0.1, 0.15) is 5.75 Å². The van der Waals surface area contributed by atoms with Crippen molar-refractivity contribution in [2.24, 2.45) is 0 Å². The summed E-state index contributed by atoms with van der Waals surface area (Å²) in [4.78, 5) is 12.4. The number of hydrogen-bond acceptors (Lipinski definition) is 3. The Hall–Kier alpha value is -3.27. The maximum atomic E-state index is 12.4. The molecule has 1 amide bonds. The molecule has 3 aromatic rings. The highest BCUT2D eigenvalue weighted by Crippen LogP contribution is 2.20. The zero-order valence-electron chi connectivity index (χ0n) is 14.7. The van der Waals surface area contributed by atoms with E-state index in [9.17, 15) is 4.79 Å². The standard InChI is InChI=1S/C22H22N2O2/c1-2-15-26-21-10-6-7-17(16-21)22(25)24-20-13-11-19(12-14-20)23-18-8-4-3-5-9-18/h3-14,16,23H,2,15H2,1H3,(H,24,25). The molecule has 2 N–H and O–H groups in total. The van der Waals surface area contributed by atoms with Gasteiger partial charge in [0.05, 0.1) is 6.61 Å². The lowest BCUT2D eigenvalue weighted by Crippen LogP contribution is -2.12. The van der Waals surface area contributed by atoms with E-state index in [1.54, 1.807) is 12.1 Å². The van der Waals surface area contributed by atoms with E-state index in [-0.39, 0.29) is 5.91 Å². The molecule has 0 saturated heterocycles. The molecule has 4 heteroatoms. The number of nitrogens with one attached hydrogen (secondary N) is 2. The Morgan fingerprint density at radius 3 is 2.27 bits per heavy atom. The fraction of sp³-hybridized carbons (Fsp3) is 0.136. The van der Waals surface area contributed by atoms with Gasteiger partial charge in [0.25, 0.3) is 5.91 Å². The van der Waals surface area contributed by atoms with Crippen LogP contribution in [0.4, 0.5) is 17.1 Å². The van der Waals surface area contributed by atoms with Gasteiger partial charge in [-0.1, -0.05) is 31.2 Å². The summed E-state index contributed by atoms with van der Waals surface area (Å²) in [6, 6.07) is 24.8. The van der Waals surface area contributed by atoms with Crippen molar-refractivity contribution in [1.82, 2.24) is 0 Å². The first-order valence-electron chi connectivity index (χ1n) is 8.71. The largest absolute Gasteiger partial charge is 0.494 e. The van der Waals surface area contributed by atoms with Crippen molar-refractivity contribution in [2.75, 3.05) is 17.2 Å². The van der Waals surface area contributed by atoms with Crippen LogP contribution in [0.3, 0.4) is 0 Å². The summed E-state index contributed by atoms with van der Waals surface area (Å²) in [5.74, 6) is 0.553. The maximum absolute atomic E-state index is 12.4. The molecule has 3 aromatic carbocycles. The second-order valence-corrected chi connectivity index (χ2v) is 5.90. The predicted octanol–water partition coefficient (Wildman–Crippen LogP) is 5.47. The third-order valence-electron chi connectivity index (χ3n) is 3.77. The first kappa shape index (κ1) is 17.5. The summed E-state index contributed by atoms with van der Waals surface area (Å²) in [6.07, 6.45) is 0.930. The third kappa shape index (κ3) is 4.86. The molecule has 0 bridgehead atoms. The number of ether oxygens (including phenoxy) is 1. The zero-order valence-corrected chi connectivity index (χ0v) is 14.7. The van der Waals surface area contributed by atoms with E-state index in [2.05, 4.69) is 10.6 Å². The number of benzene rings is 3. The minimum Gasteiger partial charge on any atom is -0.494 e. The van der Waals surface area contributed by atoms with Gasteiger partial charge in [-0.15, -0.1) is 0 Å². The lowest BCUT2D eigenvalue weighted by Gasteiger charge is -2.10. The number of carbonyl (C=O) groups is 1. The van der Waals surface area contributed by atoms with Crippen LogP contribution in [-0.2, 0) is 0 Å². The van der Waals surface area contributed by atoms with E-state index >= 15 is 0 Å². The van der Waals surface area contributed by atoms with Crippen molar-refractivity contribution in [3.63, 3.8) is 0 Å². The molecule has 0 heterocycles. The first-order chi connectivity index (χ1) is 12.7. The molecule has 4 nitrogen and oxygen atoms in total. The van der Waals surface area contributed by atoms with E-state index < -0.39 is 0 Å². The molecule has 26 heavy (non-hydrogen) atoms. The molecule has 0 unspecified atom stereocenters. The molecule has 0 aliphatic carbocycles. The quantitative estimate of drug-likeness (QED) is 0.596. The second-order valence-electron chi connectivity index (χ2n) is 5.90. The highest BCUT2D eigenvalue weighted by molar-refractivity contribution is 6.04. The minimum atomic E-state index is -0.157. The minimum absolute atomic E-state index is 0.157. The van der Waals surface area contributed by atoms with Gasteiger partial charge in [0.2, 0.25) is 0 Å². The topological polar surface area (TPSA) is 50.4 Å². The Bertz CT molecular complexity index is 846. The zero-order chi connectivity index (χ0) is 18.2. The maximum Gasteiger partial charge on any atom is 0.255 e. The monoisotopic (exact) mass is 346 g/mol. The first-order valence-corrected chi connectivity index (χ1v) is 8.71. The van der Waals surface area contributed by atoms with Crippen molar-refractivity contribution in [2.45, 2.75) is 13.3 Å². The Labute approximate surface area is 153 Å². The van der Waals surface area contributed by atoms with Crippen LogP contribution in [0.2, 0.25) is 0 Å². The van der Waals surface area contributed by atoms with Crippen LogP contribution < -0.4 is 15.4 Å². The summed E-state index contributed by atoms with van der Waals surface area (Å²) < 4.78 is 5.58. The molecule has 0 radical (unpaired) electrons. The lowest BCUT2D eigenvalue weighted by atomic mass is 10.2. The Morgan fingerprint density at radius 2 is 1.54 bits per heavy atom. The van der Waals surface area contributed by atoms with Crippen molar-refractivity contribution in [3.05, 3.63) is 84.4 Å². The highest BCUT2D eigenvalue weighted by atomic mass is 16.5. The second kappa shape index (κ2) is 8.72. The highest BCUT2D eigenvalue weighted by Gasteiger charge is 2.07. The fourth-order valence-electron chi connectivity index (χ4n) is 2.48. The molecule has 0 fully saturated rings. The Balaban J connectivity index is 1.62. The molecule has 0 atom stereocenters. The van der Waals surface area contributed by atoms with Crippen molar-refractivity contribution >= 4 is 23.0 Å². The molecule has 0 spiro atoms. The van der Waals surface area contributed by atoms with Crippen molar-refractivity contribution in [3.8, 4) is 5.75 Å². The van der Waals surface area contributed by atoms with Crippen LogP contribution in [0, 0.1) is 0 Å². The Kier molecular flexibility index (Phi) is 5.88. The summed E-state index contributed by atoms with van der Waals surface area (Å²) in [5, 5.41) is 6.22. The smallest absolute Gasteiger partial charge is 0.255 e. The van der Waals surface area contributed by atoms with Gasteiger partial charge in [-0.2, -0.15) is 0 Å². The molecule has 3 rings (SSSR count). The molecular formula is C22H22N2O2. The average molecular weight is 346 g/mol. The van der Waals surface area contributed by atoms with E-state index in [4.69, 9.17) is 4.74 Å². The van der Waals surface area contributed by atoms with Gasteiger partial charge in [-0.25, -0.2) is 0 Å². The summed E-state index contributed by atoms with van der Waals surface area (Å²) in [5.41, 5.74) is 3.30. The van der Waals surface area contributed by atoms with E-state index in [0.29, 0.717) is 17.9 Å². The summed E-state index contributed by atoms with van der Waals surface area (Å²) >= 11 is 0. The number of rotatable bonds is 7. The van der Waals surface area contributed by atoms with Crippen LogP contribution in [0.1, 0.15) is 23.7 Å². The lowest BCUT2D eigenvalue weighted by molar-refractivity contribution is 0.102. The molecule has 0 aromatic heterocycles. The number of anilines is 3. The van der Waals surface area contributed by atoms with Gasteiger partial charge in [-0.3, -0.25) is 4.79 Å². The van der Waals surface area contributed by atoms with Crippen molar-refractivity contribution in [1.29, 1.82) is 0 Å². The van der Waals surface area contributed by atoms with Crippen LogP contribution in [0.15, 0.2) is 78.9 Å². The molecule has 0 aliphatic rings. The Morgan fingerprint density at radius 1 is 0.846 bits per heavy atom. The van der Waals surface area contributed by atoms with Gasteiger partial charge >= 0.3 is 0 Å². The summed E-state index contributed by atoms with van der Waals surface area (Å²) in [7, 11) is 0. The normalized spacial score (nSPS) is 10.2. The van der Waals surface area contributed by atoms with Crippen molar-refractivity contribution < 1.29 is 9.53 Å². The SMILES string of the molecule is CCCOc1cccc(C(=O)Nc2ccc(Nc3ccccc3)cc2)c1. The fourth-order valence-corrected chi connectivity index (χ4v) is 2.48. The van der Waals surface area contributed by atoms with E-state index in [1.165, 1.54) is 0 Å².